The Morgan fingerprint density at radius 3 is 2.64 bits per heavy atom. The molecule has 22 heavy (non-hydrogen) atoms. The average Bonchev–Trinajstić information content (AvgIpc) is 2.89. The molecule has 0 aliphatic carbocycles. The molecule has 0 atom stereocenters. The van der Waals surface area contributed by atoms with Crippen LogP contribution in [-0.4, -0.2) is 39.9 Å². The van der Waals surface area contributed by atoms with Crippen LogP contribution in [0.1, 0.15) is 23.8 Å². The van der Waals surface area contributed by atoms with E-state index in [4.69, 9.17) is 27.6 Å². The monoisotopic (exact) mass is 343 g/mol. The van der Waals surface area contributed by atoms with Gasteiger partial charge < -0.3 is 9.52 Å². The van der Waals surface area contributed by atoms with Crippen molar-refractivity contribution < 1.29 is 9.52 Å². The molecule has 1 N–H and O–H groups in total. The van der Waals surface area contributed by atoms with Crippen LogP contribution in [0.25, 0.3) is 0 Å². The van der Waals surface area contributed by atoms with Crippen molar-refractivity contribution in [2.75, 3.05) is 19.7 Å². The second-order valence-electron chi connectivity index (χ2n) is 5.07. The normalized spacial score (nSPS) is 11.3. The number of aryl methyl sites for hydroxylation is 2. The van der Waals surface area contributed by atoms with Crippen LogP contribution in [0.15, 0.2) is 22.6 Å². The van der Waals surface area contributed by atoms with Crippen LogP contribution in [0, 0.1) is 6.92 Å². The first-order valence-corrected chi connectivity index (χ1v) is 7.90. The van der Waals surface area contributed by atoms with Gasteiger partial charge in [0, 0.05) is 26.4 Å². The molecule has 0 aliphatic rings. The number of hydrogen-bond acceptors (Lipinski definition) is 5. The minimum atomic E-state index is 0.112. The van der Waals surface area contributed by atoms with E-state index in [2.05, 4.69) is 15.1 Å². The van der Waals surface area contributed by atoms with Crippen LogP contribution in [0.2, 0.25) is 10.0 Å². The Bertz CT molecular complexity index is 604. The van der Waals surface area contributed by atoms with Gasteiger partial charge in [-0.2, -0.15) is 0 Å². The summed E-state index contributed by atoms with van der Waals surface area (Å²) in [6.07, 6.45) is 1.60. The summed E-state index contributed by atoms with van der Waals surface area (Å²) in [6, 6.07) is 5.59. The molecule has 0 amide bonds. The molecule has 7 heteroatoms. The van der Waals surface area contributed by atoms with Crippen LogP contribution in [0.4, 0.5) is 0 Å². The number of aliphatic hydroxyl groups is 1. The topological polar surface area (TPSA) is 62.4 Å². The fraction of sp³-hybridized carbons (Fsp3) is 0.467. The number of rotatable bonds is 8. The van der Waals surface area contributed by atoms with Crippen molar-refractivity contribution in [1.82, 2.24) is 15.1 Å². The molecule has 0 fully saturated rings. The van der Waals surface area contributed by atoms with Crippen molar-refractivity contribution in [2.24, 2.45) is 0 Å². The van der Waals surface area contributed by atoms with Crippen LogP contribution in [0.3, 0.4) is 0 Å². The van der Waals surface area contributed by atoms with Gasteiger partial charge in [-0.25, -0.2) is 0 Å². The lowest BCUT2D eigenvalue weighted by Crippen LogP contribution is -2.28. The Balaban J connectivity index is 1.87. The van der Waals surface area contributed by atoms with E-state index in [-0.39, 0.29) is 6.61 Å². The van der Waals surface area contributed by atoms with E-state index in [9.17, 15) is 5.11 Å². The number of halogens is 2. The molecular formula is C15H19Cl2N3O2. The Kier molecular flexibility index (Phi) is 6.64. The lowest BCUT2D eigenvalue weighted by atomic mass is 10.2. The lowest BCUT2D eigenvalue weighted by molar-refractivity contribution is 0.188. The van der Waals surface area contributed by atoms with Crippen molar-refractivity contribution in [1.29, 1.82) is 0 Å². The van der Waals surface area contributed by atoms with Gasteiger partial charge in [0.2, 0.25) is 11.8 Å². The summed E-state index contributed by atoms with van der Waals surface area (Å²) in [5.74, 6) is 1.23. The smallest absolute Gasteiger partial charge is 0.216 e. The first-order valence-electron chi connectivity index (χ1n) is 7.14. The molecule has 0 unspecified atom stereocenters. The van der Waals surface area contributed by atoms with E-state index >= 15 is 0 Å². The zero-order valence-electron chi connectivity index (χ0n) is 12.4. The zero-order chi connectivity index (χ0) is 15.9. The van der Waals surface area contributed by atoms with E-state index in [1.807, 2.05) is 12.1 Å². The second-order valence-corrected chi connectivity index (χ2v) is 5.88. The van der Waals surface area contributed by atoms with Crippen LogP contribution in [0.5, 0.6) is 0 Å². The molecule has 1 heterocycles. The van der Waals surface area contributed by atoms with E-state index in [0.29, 0.717) is 34.9 Å². The maximum absolute atomic E-state index is 9.20. The predicted molar refractivity (Wildman–Crippen MR) is 86.2 cm³/mol. The van der Waals surface area contributed by atoms with Gasteiger partial charge >= 0.3 is 0 Å². The number of nitrogens with zero attached hydrogens (tertiary/aromatic N) is 3. The van der Waals surface area contributed by atoms with Gasteiger partial charge in [-0.15, -0.1) is 10.2 Å². The summed E-state index contributed by atoms with van der Waals surface area (Å²) in [6.45, 7) is 4.02. The van der Waals surface area contributed by atoms with E-state index in [1.165, 1.54) is 0 Å². The highest BCUT2D eigenvalue weighted by Gasteiger charge is 2.09. The van der Waals surface area contributed by atoms with E-state index in [0.717, 1.165) is 24.9 Å². The summed E-state index contributed by atoms with van der Waals surface area (Å²) < 4.78 is 5.35. The Hall–Kier alpha value is -1.14. The third kappa shape index (κ3) is 5.25. The number of benzene rings is 1. The van der Waals surface area contributed by atoms with Gasteiger partial charge in [-0.05, 0) is 30.7 Å². The maximum Gasteiger partial charge on any atom is 0.216 e. The highest BCUT2D eigenvalue weighted by atomic mass is 35.5. The van der Waals surface area contributed by atoms with Gasteiger partial charge in [0.05, 0.1) is 16.7 Å². The minimum absolute atomic E-state index is 0.112. The summed E-state index contributed by atoms with van der Waals surface area (Å²) in [7, 11) is 0. The summed E-state index contributed by atoms with van der Waals surface area (Å²) in [4.78, 5) is 2.16. The third-order valence-electron chi connectivity index (χ3n) is 3.24. The van der Waals surface area contributed by atoms with Gasteiger partial charge in [0.1, 0.15) is 0 Å². The number of aromatic nitrogens is 2. The minimum Gasteiger partial charge on any atom is -0.426 e. The zero-order valence-corrected chi connectivity index (χ0v) is 13.9. The van der Waals surface area contributed by atoms with Crippen LogP contribution < -0.4 is 0 Å². The molecule has 1 aromatic carbocycles. The highest BCUT2D eigenvalue weighted by molar-refractivity contribution is 6.42. The average molecular weight is 344 g/mol. The van der Waals surface area contributed by atoms with Gasteiger partial charge in [0.25, 0.3) is 0 Å². The van der Waals surface area contributed by atoms with Crippen molar-refractivity contribution in [3.8, 4) is 0 Å². The lowest BCUT2D eigenvalue weighted by Gasteiger charge is -2.21. The molecule has 0 radical (unpaired) electrons. The van der Waals surface area contributed by atoms with Crippen LogP contribution >= 0.6 is 23.2 Å². The van der Waals surface area contributed by atoms with Gasteiger partial charge in [-0.1, -0.05) is 29.3 Å². The fourth-order valence-electron chi connectivity index (χ4n) is 2.20. The molecule has 0 spiro atoms. The fourth-order valence-corrected chi connectivity index (χ4v) is 2.52. The summed E-state index contributed by atoms with van der Waals surface area (Å²) in [5.41, 5.74) is 1.07. The predicted octanol–water partition coefficient (Wildman–Crippen LogP) is 3.11. The Morgan fingerprint density at radius 1 is 1.18 bits per heavy atom. The molecule has 1 aromatic heterocycles. The Labute approximate surface area is 139 Å². The van der Waals surface area contributed by atoms with Crippen molar-refractivity contribution in [3.63, 3.8) is 0 Å². The largest absolute Gasteiger partial charge is 0.426 e. The van der Waals surface area contributed by atoms with Crippen LogP contribution in [-0.2, 0) is 13.0 Å². The molecular weight excluding hydrogens is 325 g/mol. The standard InChI is InChI=1S/C15H19Cl2N3O2/c1-11-18-19-15(22-11)3-2-6-20(7-8-21)10-12-4-5-13(16)14(17)9-12/h4-5,9,21H,2-3,6-8,10H2,1H3. The van der Waals surface area contributed by atoms with Crippen molar-refractivity contribution in [3.05, 3.63) is 45.6 Å². The molecule has 5 nitrogen and oxygen atoms in total. The molecule has 2 rings (SSSR count). The summed E-state index contributed by atoms with van der Waals surface area (Å²) >= 11 is 12.0. The van der Waals surface area contributed by atoms with Crippen molar-refractivity contribution in [2.45, 2.75) is 26.3 Å². The van der Waals surface area contributed by atoms with Crippen molar-refractivity contribution >= 4 is 23.2 Å². The molecule has 2 aromatic rings. The second kappa shape index (κ2) is 8.48. The van der Waals surface area contributed by atoms with Gasteiger partial charge in [0.15, 0.2) is 0 Å². The SMILES string of the molecule is Cc1nnc(CCCN(CCO)Cc2ccc(Cl)c(Cl)c2)o1. The third-order valence-corrected chi connectivity index (χ3v) is 3.98. The quantitative estimate of drug-likeness (QED) is 0.797. The highest BCUT2D eigenvalue weighted by Crippen LogP contribution is 2.23. The Morgan fingerprint density at radius 2 is 2.00 bits per heavy atom. The number of hydrogen-bond donors (Lipinski definition) is 1. The first kappa shape index (κ1) is 17.2. The van der Waals surface area contributed by atoms with E-state index in [1.54, 1.807) is 13.0 Å². The summed E-state index contributed by atoms with van der Waals surface area (Å²) in [5, 5.41) is 18.1. The molecule has 0 bridgehead atoms. The molecule has 120 valence electrons. The number of aliphatic hydroxyl groups excluding tert-OH is 1. The molecule has 0 saturated heterocycles. The van der Waals surface area contributed by atoms with Gasteiger partial charge in [-0.3, -0.25) is 4.90 Å². The molecule has 0 saturated carbocycles. The first-order chi connectivity index (χ1) is 10.6. The molecule has 0 aliphatic heterocycles. The maximum atomic E-state index is 9.20. The van der Waals surface area contributed by atoms with E-state index < -0.39 is 0 Å².